The van der Waals surface area contributed by atoms with Crippen molar-refractivity contribution >= 4 is 5.91 Å². The fourth-order valence-corrected chi connectivity index (χ4v) is 2.52. The maximum absolute atomic E-state index is 11.8. The number of benzene rings is 1. The summed E-state index contributed by atoms with van der Waals surface area (Å²) in [7, 11) is 0. The van der Waals surface area contributed by atoms with Crippen molar-refractivity contribution in [2.75, 3.05) is 39.3 Å². The van der Waals surface area contributed by atoms with Crippen LogP contribution in [0.25, 0.3) is 0 Å². The molecule has 0 aromatic heterocycles. The van der Waals surface area contributed by atoms with E-state index < -0.39 is 0 Å². The molecule has 1 aliphatic heterocycles. The van der Waals surface area contributed by atoms with Gasteiger partial charge in [-0.3, -0.25) is 9.69 Å². The number of carbonyl (C=O) groups is 1. The molecule has 1 aromatic rings. The zero-order chi connectivity index (χ0) is 15.1. The Morgan fingerprint density at radius 3 is 2.43 bits per heavy atom. The second-order valence-electron chi connectivity index (χ2n) is 5.63. The number of hydrogen-bond acceptors (Lipinski definition) is 3. The molecule has 4 heteroatoms. The van der Waals surface area contributed by atoms with Crippen LogP contribution in [0, 0.1) is 6.92 Å². The van der Waals surface area contributed by atoms with Crippen LogP contribution in [0.4, 0.5) is 0 Å². The minimum Gasteiger partial charge on any atom is -0.492 e. The summed E-state index contributed by atoms with van der Waals surface area (Å²) in [6.45, 7) is 9.35. The Morgan fingerprint density at radius 2 is 1.81 bits per heavy atom. The molecule has 1 amide bonds. The normalized spacial score (nSPS) is 16.0. The highest BCUT2D eigenvalue weighted by molar-refractivity contribution is 5.76. The molecule has 2 rings (SSSR count). The molecule has 1 saturated heterocycles. The van der Waals surface area contributed by atoms with Crippen molar-refractivity contribution in [1.82, 2.24) is 9.80 Å². The lowest BCUT2D eigenvalue weighted by molar-refractivity contribution is -0.133. The van der Waals surface area contributed by atoms with Gasteiger partial charge in [-0.1, -0.05) is 24.6 Å². The second-order valence-corrected chi connectivity index (χ2v) is 5.63. The van der Waals surface area contributed by atoms with Gasteiger partial charge in [-0.15, -0.1) is 0 Å². The molecule has 0 unspecified atom stereocenters. The van der Waals surface area contributed by atoms with E-state index >= 15 is 0 Å². The number of nitrogens with zero attached hydrogens (tertiary/aromatic N) is 2. The molecule has 4 nitrogen and oxygen atoms in total. The van der Waals surface area contributed by atoms with Gasteiger partial charge in [0.1, 0.15) is 12.4 Å². The topological polar surface area (TPSA) is 32.8 Å². The number of hydrogen-bond donors (Lipinski definition) is 0. The Kier molecular flexibility index (Phi) is 6.05. The van der Waals surface area contributed by atoms with Crippen molar-refractivity contribution in [3.05, 3.63) is 29.8 Å². The molecule has 0 N–H and O–H groups in total. The number of carbonyl (C=O) groups excluding carboxylic acids is 1. The average molecular weight is 290 g/mol. The predicted molar refractivity (Wildman–Crippen MR) is 84.6 cm³/mol. The molecule has 1 aromatic carbocycles. The van der Waals surface area contributed by atoms with Crippen molar-refractivity contribution in [2.24, 2.45) is 0 Å². The van der Waals surface area contributed by atoms with Gasteiger partial charge in [0.2, 0.25) is 5.91 Å². The van der Waals surface area contributed by atoms with Crippen LogP contribution >= 0.6 is 0 Å². The first-order valence-corrected chi connectivity index (χ1v) is 7.88. The van der Waals surface area contributed by atoms with Crippen LogP contribution < -0.4 is 4.74 Å². The summed E-state index contributed by atoms with van der Waals surface area (Å²) < 4.78 is 5.75. The monoisotopic (exact) mass is 290 g/mol. The first-order valence-electron chi connectivity index (χ1n) is 7.88. The molecular weight excluding hydrogens is 264 g/mol. The lowest BCUT2D eigenvalue weighted by Gasteiger charge is -2.34. The highest BCUT2D eigenvalue weighted by atomic mass is 16.5. The molecule has 0 atom stereocenters. The SMILES string of the molecule is CCCC(=O)N1CCN(CCOc2ccc(C)cc2)CC1. The van der Waals surface area contributed by atoms with Gasteiger partial charge in [0, 0.05) is 39.1 Å². The Bertz CT molecular complexity index is 437. The minimum atomic E-state index is 0.299. The molecule has 0 aliphatic carbocycles. The van der Waals surface area contributed by atoms with Crippen molar-refractivity contribution in [3.8, 4) is 5.75 Å². The summed E-state index contributed by atoms with van der Waals surface area (Å²) in [5, 5.41) is 0. The van der Waals surface area contributed by atoms with Crippen molar-refractivity contribution in [2.45, 2.75) is 26.7 Å². The third kappa shape index (κ3) is 5.05. The fraction of sp³-hybridized carbons (Fsp3) is 0.588. The van der Waals surface area contributed by atoms with Crippen molar-refractivity contribution < 1.29 is 9.53 Å². The number of aryl methyl sites for hydroxylation is 1. The molecule has 0 radical (unpaired) electrons. The molecule has 0 saturated carbocycles. The Morgan fingerprint density at radius 1 is 1.14 bits per heavy atom. The van der Waals surface area contributed by atoms with Crippen LogP contribution in [0.1, 0.15) is 25.3 Å². The Balaban J connectivity index is 1.65. The smallest absolute Gasteiger partial charge is 0.222 e. The van der Waals surface area contributed by atoms with Gasteiger partial charge in [-0.25, -0.2) is 0 Å². The summed E-state index contributed by atoms with van der Waals surface area (Å²) in [4.78, 5) is 16.2. The van der Waals surface area contributed by atoms with Gasteiger partial charge in [0.25, 0.3) is 0 Å². The lowest BCUT2D eigenvalue weighted by Crippen LogP contribution is -2.49. The van der Waals surface area contributed by atoms with Gasteiger partial charge in [-0.2, -0.15) is 0 Å². The fourth-order valence-electron chi connectivity index (χ4n) is 2.52. The zero-order valence-corrected chi connectivity index (χ0v) is 13.2. The van der Waals surface area contributed by atoms with Crippen LogP contribution in [-0.4, -0.2) is 55.0 Å². The second kappa shape index (κ2) is 8.03. The van der Waals surface area contributed by atoms with Crippen LogP contribution in [0.15, 0.2) is 24.3 Å². The molecule has 21 heavy (non-hydrogen) atoms. The summed E-state index contributed by atoms with van der Waals surface area (Å²) in [5.41, 5.74) is 1.25. The molecule has 0 bridgehead atoms. The highest BCUT2D eigenvalue weighted by Gasteiger charge is 2.19. The van der Waals surface area contributed by atoms with E-state index in [9.17, 15) is 4.79 Å². The van der Waals surface area contributed by atoms with E-state index in [1.807, 2.05) is 17.0 Å². The van der Waals surface area contributed by atoms with Crippen molar-refractivity contribution in [3.63, 3.8) is 0 Å². The van der Waals surface area contributed by atoms with Crippen LogP contribution in [-0.2, 0) is 4.79 Å². The van der Waals surface area contributed by atoms with Crippen LogP contribution in [0.2, 0.25) is 0 Å². The number of amides is 1. The lowest BCUT2D eigenvalue weighted by atomic mass is 10.2. The maximum Gasteiger partial charge on any atom is 0.222 e. The molecule has 0 spiro atoms. The summed E-state index contributed by atoms with van der Waals surface area (Å²) in [6.07, 6.45) is 1.61. The molecule has 116 valence electrons. The van der Waals surface area contributed by atoms with Crippen molar-refractivity contribution in [1.29, 1.82) is 0 Å². The van der Waals surface area contributed by atoms with Gasteiger partial charge in [-0.05, 0) is 25.5 Å². The Hall–Kier alpha value is -1.55. The molecular formula is C17H26N2O2. The van der Waals surface area contributed by atoms with Crippen LogP contribution in [0.5, 0.6) is 5.75 Å². The molecule has 1 heterocycles. The summed E-state index contributed by atoms with van der Waals surface area (Å²) in [6, 6.07) is 8.15. The van der Waals surface area contributed by atoms with Crippen LogP contribution in [0.3, 0.4) is 0 Å². The third-order valence-corrected chi connectivity index (χ3v) is 3.89. The summed E-state index contributed by atoms with van der Waals surface area (Å²) in [5.74, 6) is 1.23. The van der Waals surface area contributed by atoms with E-state index in [0.717, 1.165) is 44.9 Å². The third-order valence-electron chi connectivity index (χ3n) is 3.89. The summed E-state index contributed by atoms with van der Waals surface area (Å²) >= 11 is 0. The standard InChI is InChI=1S/C17H26N2O2/c1-3-4-17(20)19-11-9-18(10-12-19)13-14-21-16-7-5-15(2)6-8-16/h5-8H,3-4,9-14H2,1-2H3. The first kappa shape index (κ1) is 15.8. The van der Waals surface area contributed by atoms with E-state index in [1.165, 1.54) is 5.56 Å². The minimum absolute atomic E-state index is 0.299. The number of rotatable bonds is 6. The van der Waals surface area contributed by atoms with E-state index in [2.05, 4.69) is 30.9 Å². The van der Waals surface area contributed by atoms with E-state index in [4.69, 9.17) is 4.74 Å². The highest BCUT2D eigenvalue weighted by Crippen LogP contribution is 2.11. The zero-order valence-electron chi connectivity index (χ0n) is 13.2. The van der Waals surface area contributed by atoms with E-state index in [-0.39, 0.29) is 0 Å². The van der Waals surface area contributed by atoms with Gasteiger partial charge >= 0.3 is 0 Å². The van der Waals surface area contributed by atoms with Gasteiger partial charge in [0.15, 0.2) is 0 Å². The largest absolute Gasteiger partial charge is 0.492 e. The number of piperazine rings is 1. The Labute approximate surface area is 127 Å². The maximum atomic E-state index is 11.8. The molecule has 1 aliphatic rings. The quantitative estimate of drug-likeness (QED) is 0.806. The number of ether oxygens (including phenoxy) is 1. The van der Waals surface area contributed by atoms with Gasteiger partial charge < -0.3 is 9.64 Å². The van der Waals surface area contributed by atoms with Gasteiger partial charge in [0.05, 0.1) is 0 Å². The first-order chi connectivity index (χ1) is 10.2. The van der Waals surface area contributed by atoms with E-state index in [1.54, 1.807) is 0 Å². The molecule has 1 fully saturated rings. The predicted octanol–water partition coefficient (Wildman–Crippen LogP) is 2.32. The van der Waals surface area contributed by atoms with E-state index in [0.29, 0.717) is 18.9 Å². The average Bonchev–Trinajstić information content (AvgIpc) is 2.50.